The number of amides is 3. The Kier molecular flexibility index (Phi) is 6.56. The van der Waals surface area contributed by atoms with Gasteiger partial charge in [0.2, 0.25) is 5.91 Å². The molecule has 0 radical (unpaired) electrons. The fourth-order valence-electron chi connectivity index (χ4n) is 1.77. The van der Waals surface area contributed by atoms with Gasteiger partial charge in [-0.2, -0.15) is 0 Å². The molecule has 0 aliphatic heterocycles. The van der Waals surface area contributed by atoms with Crippen LogP contribution in [-0.2, 0) is 4.79 Å². The number of nitrogens with one attached hydrogen (secondary N) is 3. The quantitative estimate of drug-likeness (QED) is 0.747. The minimum Gasteiger partial charge on any atom is -0.355 e. The van der Waals surface area contributed by atoms with Crippen molar-refractivity contribution in [2.45, 2.75) is 33.1 Å². The Bertz CT molecular complexity index is 458. The minimum absolute atomic E-state index is 0.0182. The second-order valence-corrected chi connectivity index (χ2v) is 4.90. The van der Waals surface area contributed by atoms with Crippen LogP contribution in [0.1, 0.15) is 38.7 Å². The molecule has 3 N–H and O–H groups in total. The lowest BCUT2D eigenvalue weighted by molar-refractivity contribution is -0.120. The number of rotatable bonds is 6. The van der Waals surface area contributed by atoms with Crippen molar-refractivity contribution in [2.75, 3.05) is 18.4 Å². The van der Waals surface area contributed by atoms with Crippen LogP contribution in [-0.4, -0.2) is 25.0 Å². The third-order valence-electron chi connectivity index (χ3n) is 2.81. The minimum atomic E-state index is -0.371. The van der Waals surface area contributed by atoms with Gasteiger partial charge in [-0.3, -0.25) is 4.79 Å². The summed E-state index contributed by atoms with van der Waals surface area (Å²) in [5.41, 5.74) is 1.84. The molecular formula is C15H23N3O2. The summed E-state index contributed by atoms with van der Waals surface area (Å²) < 4.78 is 0. The van der Waals surface area contributed by atoms with E-state index in [0.29, 0.717) is 12.5 Å². The molecule has 0 spiro atoms. The Morgan fingerprint density at radius 1 is 1.15 bits per heavy atom. The maximum Gasteiger partial charge on any atom is 0.319 e. The Morgan fingerprint density at radius 3 is 2.50 bits per heavy atom. The molecule has 0 saturated carbocycles. The lowest BCUT2D eigenvalue weighted by atomic mass is 10.0. The number of para-hydroxylation sites is 1. The van der Waals surface area contributed by atoms with Crippen LogP contribution in [0.4, 0.5) is 10.5 Å². The lowest BCUT2D eigenvalue weighted by Crippen LogP contribution is -2.39. The molecule has 1 rings (SSSR count). The van der Waals surface area contributed by atoms with Gasteiger partial charge in [0.1, 0.15) is 0 Å². The van der Waals surface area contributed by atoms with Crippen LogP contribution in [0.15, 0.2) is 24.3 Å². The average Bonchev–Trinajstić information content (AvgIpc) is 2.43. The summed E-state index contributed by atoms with van der Waals surface area (Å²) in [6, 6.07) is 7.27. The van der Waals surface area contributed by atoms with Gasteiger partial charge >= 0.3 is 6.03 Å². The molecule has 20 heavy (non-hydrogen) atoms. The van der Waals surface area contributed by atoms with Gasteiger partial charge in [-0.1, -0.05) is 39.0 Å². The Labute approximate surface area is 120 Å². The van der Waals surface area contributed by atoms with E-state index in [1.165, 1.54) is 0 Å². The highest BCUT2D eigenvalue weighted by atomic mass is 16.2. The fraction of sp³-hybridized carbons (Fsp3) is 0.467. The Balaban J connectivity index is 2.49. The largest absolute Gasteiger partial charge is 0.355 e. The molecule has 1 aromatic rings. The number of carbonyl (C=O) groups is 2. The molecule has 0 bridgehead atoms. The van der Waals surface area contributed by atoms with Crippen molar-refractivity contribution in [1.82, 2.24) is 10.6 Å². The topological polar surface area (TPSA) is 70.2 Å². The molecule has 0 fully saturated rings. The summed E-state index contributed by atoms with van der Waals surface area (Å²) in [5.74, 6) is 0.137. The molecule has 0 unspecified atom stereocenters. The second kappa shape index (κ2) is 8.19. The molecule has 0 heterocycles. The Morgan fingerprint density at radius 2 is 1.85 bits per heavy atom. The van der Waals surface area contributed by atoms with Crippen LogP contribution in [0.5, 0.6) is 0 Å². The average molecular weight is 277 g/mol. The van der Waals surface area contributed by atoms with Crippen LogP contribution in [0.2, 0.25) is 0 Å². The van der Waals surface area contributed by atoms with Crippen molar-refractivity contribution in [1.29, 1.82) is 0 Å². The van der Waals surface area contributed by atoms with Gasteiger partial charge in [0, 0.05) is 12.2 Å². The number of benzene rings is 1. The maximum atomic E-state index is 11.8. The smallest absolute Gasteiger partial charge is 0.319 e. The van der Waals surface area contributed by atoms with Gasteiger partial charge in [-0.15, -0.1) is 0 Å². The number of anilines is 1. The SMILES string of the molecule is CCCNC(=O)CNC(=O)Nc1ccccc1C(C)C. The lowest BCUT2D eigenvalue weighted by Gasteiger charge is -2.14. The molecule has 0 atom stereocenters. The predicted molar refractivity (Wildman–Crippen MR) is 80.9 cm³/mol. The van der Waals surface area contributed by atoms with Gasteiger partial charge in [0.15, 0.2) is 0 Å². The standard InChI is InChI=1S/C15H23N3O2/c1-4-9-16-14(19)10-17-15(20)18-13-8-6-5-7-12(13)11(2)3/h5-8,11H,4,9-10H2,1-3H3,(H,16,19)(H2,17,18,20). The van der Waals surface area contributed by atoms with E-state index in [2.05, 4.69) is 29.8 Å². The third-order valence-corrected chi connectivity index (χ3v) is 2.81. The van der Waals surface area contributed by atoms with Crippen molar-refractivity contribution in [3.05, 3.63) is 29.8 Å². The van der Waals surface area contributed by atoms with Crippen LogP contribution in [0.25, 0.3) is 0 Å². The van der Waals surface area contributed by atoms with Crippen molar-refractivity contribution in [3.8, 4) is 0 Å². The zero-order chi connectivity index (χ0) is 15.0. The first-order valence-electron chi connectivity index (χ1n) is 6.95. The first kappa shape index (κ1) is 16.0. The highest BCUT2D eigenvalue weighted by molar-refractivity contribution is 5.92. The summed E-state index contributed by atoms with van der Waals surface area (Å²) in [5, 5.41) is 8.02. The molecular weight excluding hydrogens is 254 g/mol. The van der Waals surface area contributed by atoms with E-state index in [0.717, 1.165) is 17.7 Å². The number of carbonyl (C=O) groups excluding carboxylic acids is 2. The summed E-state index contributed by atoms with van der Waals surface area (Å²) in [6.45, 7) is 6.71. The van der Waals surface area contributed by atoms with Gasteiger partial charge in [-0.25, -0.2) is 4.79 Å². The summed E-state index contributed by atoms with van der Waals surface area (Å²) >= 11 is 0. The van der Waals surface area contributed by atoms with E-state index in [4.69, 9.17) is 0 Å². The molecule has 0 aromatic heterocycles. The predicted octanol–water partition coefficient (Wildman–Crippen LogP) is 2.46. The molecule has 1 aromatic carbocycles. The molecule has 5 heteroatoms. The van der Waals surface area contributed by atoms with E-state index in [1.54, 1.807) is 0 Å². The van der Waals surface area contributed by atoms with Crippen molar-refractivity contribution >= 4 is 17.6 Å². The first-order valence-corrected chi connectivity index (χ1v) is 6.95. The second-order valence-electron chi connectivity index (χ2n) is 4.90. The van der Waals surface area contributed by atoms with Gasteiger partial charge in [0.25, 0.3) is 0 Å². The van der Waals surface area contributed by atoms with E-state index in [1.807, 2.05) is 31.2 Å². The summed E-state index contributed by atoms with van der Waals surface area (Å²) in [6.07, 6.45) is 0.875. The van der Waals surface area contributed by atoms with E-state index < -0.39 is 0 Å². The van der Waals surface area contributed by atoms with Crippen LogP contribution in [0, 0.1) is 0 Å². The molecule has 0 saturated heterocycles. The summed E-state index contributed by atoms with van der Waals surface area (Å²) in [4.78, 5) is 23.1. The fourth-order valence-corrected chi connectivity index (χ4v) is 1.77. The van der Waals surface area contributed by atoms with Crippen molar-refractivity contribution < 1.29 is 9.59 Å². The van der Waals surface area contributed by atoms with Gasteiger partial charge < -0.3 is 16.0 Å². The molecule has 3 amide bonds. The number of hydrogen-bond donors (Lipinski definition) is 3. The van der Waals surface area contributed by atoms with Gasteiger partial charge in [-0.05, 0) is 24.0 Å². The normalized spacial score (nSPS) is 10.2. The van der Waals surface area contributed by atoms with Gasteiger partial charge in [0.05, 0.1) is 6.54 Å². The van der Waals surface area contributed by atoms with Crippen molar-refractivity contribution in [3.63, 3.8) is 0 Å². The monoisotopic (exact) mass is 277 g/mol. The van der Waals surface area contributed by atoms with Crippen LogP contribution >= 0.6 is 0 Å². The zero-order valence-corrected chi connectivity index (χ0v) is 12.3. The number of urea groups is 1. The van der Waals surface area contributed by atoms with E-state index >= 15 is 0 Å². The molecule has 5 nitrogen and oxygen atoms in total. The highest BCUT2D eigenvalue weighted by Crippen LogP contribution is 2.23. The van der Waals surface area contributed by atoms with Crippen LogP contribution in [0.3, 0.4) is 0 Å². The highest BCUT2D eigenvalue weighted by Gasteiger charge is 2.09. The number of hydrogen-bond acceptors (Lipinski definition) is 2. The van der Waals surface area contributed by atoms with E-state index in [-0.39, 0.29) is 18.5 Å². The van der Waals surface area contributed by atoms with Crippen LogP contribution < -0.4 is 16.0 Å². The molecule has 110 valence electrons. The van der Waals surface area contributed by atoms with Crippen molar-refractivity contribution in [2.24, 2.45) is 0 Å². The summed E-state index contributed by atoms with van der Waals surface area (Å²) in [7, 11) is 0. The molecule has 0 aliphatic rings. The Hall–Kier alpha value is -2.04. The zero-order valence-electron chi connectivity index (χ0n) is 12.3. The third kappa shape index (κ3) is 5.30. The van der Waals surface area contributed by atoms with E-state index in [9.17, 15) is 9.59 Å². The maximum absolute atomic E-state index is 11.8. The molecule has 0 aliphatic carbocycles. The first-order chi connectivity index (χ1) is 9.54.